The number of carboxylic acid groups (broad SMARTS) is 1. The molecule has 1 aliphatic heterocycles. The topological polar surface area (TPSA) is 99.9 Å². The Morgan fingerprint density at radius 1 is 1.26 bits per heavy atom. The van der Waals surface area contributed by atoms with Gasteiger partial charge >= 0.3 is 0 Å². The second-order valence-electron chi connectivity index (χ2n) is 4.14. The molecule has 0 atom stereocenters. The summed E-state index contributed by atoms with van der Waals surface area (Å²) in [6.07, 6.45) is 4.36. The number of non-ortho nitro benzene ring substituents is 1. The van der Waals surface area contributed by atoms with Gasteiger partial charge in [-0.05, 0) is 25.3 Å². The van der Waals surface area contributed by atoms with E-state index in [0.29, 0.717) is 0 Å². The Morgan fingerprint density at radius 2 is 1.89 bits per heavy atom. The third-order valence-corrected chi connectivity index (χ3v) is 3.01. The molecule has 1 aromatic rings. The van der Waals surface area contributed by atoms with Crippen LogP contribution in [0.15, 0.2) is 18.2 Å². The number of aromatic carboxylic acids is 1. The molecule has 0 unspecified atom stereocenters. The number of hydrogen-bond acceptors (Lipinski definition) is 4. The number of piperidine rings is 1. The van der Waals surface area contributed by atoms with Crippen molar-refractivity contribution in [1.29, 1.82) is 0 Å². The summed E-state index contributed by atoms with van der Waals surface area (Å²) in [4.78, 5) is 19.9. The van der Waals surface area contributed by atoms with Crippen LogP contribution < -0.4 is 10.4 Å². The predicted molar refractivity (Wildman–Crippen MR) is 67.9 cm³/mol. The number of nitrogens with two attached hydrogens (primary N) is 1. The zero-order valence-corrected chi connectivity index (χ0v) is 11.1. The summed E-state index contributed by atoms with van der Waals surface area (Å²) in [5.74, 6) is -1.46. The molecule has 0 aromatic heterocycles. The first-order chi connectivity index (χ1) is 9.02. The summed E-state index contributed by atoms with van der Waals surface area (Å²) in [5, 5.41) is 22.7. The van der Waals surface area contributed by atoms with E-state index in [1.807, 2.05) is 0 Å². The van der Waals surface area contributed by atoms with Crippen LogP contribution in [0.2, 0.25) is 5.02 Å². The smallest absolute Gasteiger partial charge is 0.270 e. The lowest BCUT2D eigenvalue weighted by molar-refractivity contribution is -0.662. The van der Waals surface area contributed by atoms with Crippen molar-refractivity contribution in [1.82, 2.24) is 0 Å². The Morgan fingerprint density at radius 3 is 2.21 bits per heavy atom. The van der Waals surface area contributed by atoms with Gasteiger partial charge in [0, 0.05) is 17.7 Å². The maximum absolute atomic E-state index is 10.3. The Balaban J connectivity index is 0.000000250. The number of halogens is 1. The highest BCUT2D eigenvalue weighted by Crippen LogP contribution is 2.21. The molecule has 0 saturated carbocycles. The quantitative estimate of drug-likeness (QED) is 0.626. The molecule has 2 rings (SSSR count). The van der Waals surface area contributed by atoms with E-state index in [4.69, 9.17) is 11.6 Å². The average Bonchev–Trinajstić information content (AvgIpc) is 2.40. The molecule has 6 nitrogen and oxygen atoms in total. The van der Waals surface area contributed by atoms with Gasteiger partial charge in [-0.25, -0.2) is 0 Å². The highest BCUT2D eigenvalue weighted by atomic mass is 35.5. The SMILES string of the molecule is C1CC[NH2+]CC1.O=C([O-])c1ccc([N+](=O)[O-])cc1Cl. The molecule has 2 N–H and O–H groups in total. The van der Waals surface area contributed by atoms with Crippen molar-refractivity contribution in [2.24, 2.45) is 0 Å². The zero-order valence-electron chi connectivity index (χ0n) is 10.3. The van der Waals surface area contributed by atoms with Gasteiger partial charge in [0.1, 0.15) is 0 Å². The van der Waals surface area contributed by atoms with Gasteiger partial charge in [-0.15, -0.1) is 0 Å². The number of carbonyl (C=O) groups excluding carboxylic acids is 1. The van der Waals surface area contributed by atoms with Crippen molar-refractivity contribution in [3.8, 4) is 0 Å². The minimum Gasteiger partial charge on any atom is -0.545 e. The first-order valence-corrected chi connectivity index (χ1v) is 6.37. The molecule has 0 spiro atoms. The van der Waals surface area contributed by atoms with E-state index in [2.05, 4.69) is 5.32 Å². The van der Waals surface area contributed by atoms with Crippen molar-refractivity contribution in [2.45, 2.75) is 19.3 Å². The maximum Gasteiger partial charge on any atom is 0.270 e. The molecular formula is C12H15ClN2O4. The minimum absolute atomic E-state index is 0.200. The first-order valence-electron chi connectivity index (χ1n) is 5.99. The van der Waals surface area contributed by atoms with E-state index in [1.54, 1.807) is 0 Å². The number of carboxylic acids is 1. The molecule has 1 heterocycles. The van der Waals surface area contributed by atoms with Crippen LogP contribution in [0.5, 0.6) is 0 Å². The third-order valence-electron chi connectivity index (χ3n) is 2.70. The van der Waals surface area contributed by atoms with Gasteiger partial charge in [0.15, 0.2) is 0 Å². The Kier molecular flexibility index (Phi) is 6.24. The molecule has 0 bridgehead atoms. The number of hydrogen-bond donors (Lipinski definition) is 1. The summed E-state index contributed by atoms with van der Waals surface area (Å²) in [5.41, 5.74) is -0.512. The van der Waals surface area contributed by atoms with Crippen LogP contribution in [0.1, 0.15) is 29.6 Å². The fourth-order valence-electron chi connectivity index (χ4n) is 1.68. The molecule has 1 fully saturated rings. The number of carbonyl (C=O) groups is 1. The van der Waals surface area contributed by atoms with Crippen LogP contribution in [-0.2, 0) is 0 Å². The lowest BCUT2D eigenvalue weighted by atomic mass is 10.2. The van der Waals surface area contributed by atoms with Gasteiger partial charge in [-0.1, -0.05) is 11.6 Å². The largest absolute Gasteiger partial charge is 0.545 e. The third kappa shape index (κ3) is 5.23. The average molecular weight is 287 g/mol. The van der Waals surface area contributed by atoms with Crippen LogP contribution in [0.4, 0.5) is 5.69 Å². The number of benzene rings is 1. The van der Waals surface area contributed by atoms with E-state index in [1.165, 1.54) is 32.4 Å². The van der Waals surface area contributed by atoms with Crippen molar-refractivity contribution in [3.05, 3.63) is 38.9 Å². The first kappa shape index (κ1) is 15.4. The zero-order chi connectivity index (χ0) is 14.3. The van der Waals surface area contributed by atoms with Crippen LogP contribution >= 0.6 is 11.6 Å². The summed E-state index contributed by atoms with van der Waals surface area (Å²) in [7, 11) is 0. The van der Waals surface area contributed by atoms with Crippen molar-refractivity contribution in [3.63, 3.8) is 0 Å². The van der Waals surface area contributed by atoms with E-state index in [-0.39, 0.29) is 16.3 Å². The molecule has 104 valence electrons. The molecular weight excluding hydrogens is 272 g/mol. The van der Waals surface area contributed by atoms with Crippen LogP contribution in [0.3, 0.4) is 0 Å². The van der Waals surface area contributed by atoms with E-state index < -0.39 is 10.9 Å². The molecule has 1 aromatic carbocycles. The van der Waals surface area contributed by atoms with Gasteiger partial charge in [0.05, 0.1) is 29.0 Å². The van der Waals surface area contributed by atoms with Crippen molar-refractivity contribution in [2.75, 3.05) is 13.1 Å². The van der Waals surface area contributed by atoms with Gasteiger partial charge in [-0.2, -0.15) is 0 Å². The highest BCUT2D eigenvalue weighted by molar-refractivity contribution is 6.33. The standard InChI is InChI=1S/C7H4ClNO4.C5H11N/c8-6-3-4(9(12)13)1-2-5(6)7(10)11;1-2-4-6-5-3-1/h1-3H,(H,10,11);6H,1-5H2. The van der Waals surface area contributed by atoms with Gasteiger partial charge in [0.25, 0.3) is 5.69 Å². The number of nitro groups is 1. The van der Waals surface area contributed by atoms with Crippen molar-refractivity contribution >= 4 is 23.3 Å². The molecule has 1 aliphatic rings. The van der Waals surface area contributed by atoms with Gasteiger partial charge in [0.2, 0.25) is 0 Å². The van der Waals surface area contributed by atoms with Crippen LogP contribution in [-0.4, -0.2) is 24.0 Å². The molecule has 0 radical (unpaired) electrons. The Bertz CT molecular complexity index is 450. The fourth-order valence-corrected chi connectivity index (χ4v) is 1.93. The van der Waals surface area contributed by atoms with E-state index in [0.717, 1.165) is 18.2 Å². The predicted octanol–water partition coefficient (Wildman–Crippen LogP) is 0.345. The van der Waals surface area contributed by atoms with E-state index >= 15 is 0 Å². The summed E-state index contributed by atoms with van der Waals surface area (Å²) in [6.45, 7) is 2.75. The Labute approximate surface area is 115 Å². The monoisotopic (exact) mass is 286 g/mol. The molecule has 7 heteroatoms. The lowest BCUT2D eigenvalue weighted by Crippen LogP contribution is -2.85. The van der Waals surface area contributed by atoms with Gasteiger partial charge in [-0.3, -0.25) is 10.1 Å². The number of rotatable bonds is 2. The van der Waals surface area contributed by atoms with E-state index in [9.17, 15) is 20.0 Å². The summed E-state index contributed by atoms with van der Waals surface area (Å²) < 4.78 is 0. The number of nitro benzene ring substituents is 1. The molecule has 0 aliphatic carbocycles. The lowest BCUT2D eigenvalue weighted by Gasteiger charge is -2.05. The molecule has 1 saturated heterocycles. The van der Waals surface area contributed by atoms with Crippen LogP contribution in [0.25, 0.3) is 0 Å². The highest BCUT2D eigenvalue weighted by Gasteiger charge is 2.09. The van der Waals surface area contributed by atoms with Crippen LogP contribution in [0, 0.1) is 10.1 Å². The maximum atomic E-state index is 10.3. The normalized spacial score (nSPS) is 14.2. The Hall–Kier alpha value is -1.66. The summed E-state index contributed by atoms with van der Waals surface area (Å²) in [6, 6.07) is 3.06. The molecule has 0 amide bonds. The second kappa shape index (κ2) is 7.70. The second-order valence-corrected chi connectivity index (χ2v) is 4.54. The number of nitrogens with zero attached hydrogens (tertiary/aromatic N) is 1. The minimum atomic E-state index is -1.46. The van der Waals surface area contributed by atoms with Crippen molar-refractivity contribution < 1.29 is 20.1 Å². The summed E-state index contributed by atoms with van der Waals surface area (Å²) >= 11 is 5.44. The molecule has 19 heavy (non-hydrogen) atoms. The fraction of sp³-hybridized carbons (Fsp3) is 0.417. The number of quaternary nitrogens is 1. The van der Waals surface area contributed by atoms with Gasteiger partial charge < -0.3 is 15.2 Å².